The Morgan fingerprint density at radius 1 is 1.27 bits per heavy atom. The Balaban J connectivity index is 1.78. The molecule has 0 amide bonds. The molecule has 1 aromatic carbocycles. The monoisotopic (exact) mass is 436 g/mol. The van der Waals surface area contributed by atoms with E-state index in [9.17, 15) is 10.2 Å². The number of hydrogen-bond donors (Lipinski definition) is 2. The van der Waals surface area contributed by atoms with E-state index in [0.717, 1.165) is 53.1 Å². The molecular weight excluding hydrogens is 416 g/mol. The number of rotatable bonds is 4. The average Bonchev–Trinajstić information content (AvgIpc) is 3.18. The highest BCUT2D eigenvalue weighted by Crippen LogP contribution is 2.41. The van der Waals surface area contributed by atoms with E-state index in [1.165, 1.54) is 11.3 Å². The first kappa shape index (κ1) is 17.9. The number of hydrogen-bond acceptors (Lipinski definition) is 6. The van der Waals surface area contributed by atoms with Crippen LogP contribution in [0.3, 0.4) is 0 Å². The molecule has 0 bridgehead atoms. The fourth-order valence-corrected chi connectivity index (χ4v) is 4.84. The van der Waals surface area contributed by atoms with Crippen LogP contribution in [-0.4, -0.2) is 48.9 Å². The van der Waals surface area contributed by atoms with E-state index in [1.54, 1.807) is 4.52 Å². The molecule has 8 heteroatoms. The summed E-state index contributed by atoms with van der Waals surface area (Å²) in [5, 5.41) is 25.1. The van der Waals surface area contributed by atoms with Crippen molar-refractivity contribution in [2.75, 3.05) is 13.1 Å². The van der Waals surface area contributed by atoms with Gasteiger partial charge in [-0.2, -0.15) is 4.52 Å². The van der Waals surface area contributed by atoms with E-state index >= 15 is 0 Å². The average molecular weight is 437 g/mol. The van der Waals surface area contributed by atoms with E-state index in [2.05, 4.69) is 43.0 Å². The maximum Gasteiger partial charge on any atom is 0.230 e. The molecule has 26 heavy (non-hydrogen) atoms. The van der Waals surface area contributed by atoms with Gasteiger partial charge in [0.25, 0.3) is 0 Å². The van der Waals surface area contributed by atoms with Crippen LogP contribution in [0.2, 0.25) is 0 Å². The summed E-state index contributed by atoms with van der Waals surface area (Å²) in [6, 6.07) is 8.11. The van der Waals surface area contributed by atoms with Gasteiger partial charge < -0.3 is 10.2 Å². The van der Waals surface area contributed by atoms with Crippen molar-refractivity contribution in [2.45, 2.75) is 38.3 Å². The van der Waals surface area contributed by atoms with Crippen molar-refractivity contribution >= 4 is 32.2 Å². The van der Waals surface area contributed by atoms with Gasteiger partial charge in [-0.25, -0.2) is 4.98 Å². The second-order valence-corrected chi connectivity index (χ2v) is 8.51. The van der Waals surface area contributed by atoms with Gasteiger partial charge in [-0.05, 0) is 30.5 Å². The molecule has 2 N–H and O–H groups in total. The number of aliphatic hydroxyl groups excluding tert-OH is 1. The van der Waals surface area contributed by atoms with Crippen LogP contribution >= 0.6 is 27.3 Å². The molecule has 0 spiro atoms. The Bertz CT molecular complexity index is 900. The van der Waals surface area contributed by atoms with E-state index in [-0.39, 0.29) is 18.0 Å². The van der Waals surface area contributed by atoms with Crippen LogP contribution in [0.15, 0.2) is 28.7 Å². The zero-order valence-corrected chi connectivity index (χ0v) is 16.9. The van der Waals surface area contributed by atoms with Gasteiger partial charge in [0.1, 0.15) is 0 Å². The SMILES string of the molecule is CCc1nc2sc(C(c3ccc(Br)cc3)N3CCC(O)CC3)c(O)n2n1. The van der Waals surface area contributed by atoms with E-state index in [0.29, 0.717) is 4.96 Å². The maximum absolute atomic E-state index is 10.9. The zero-order valence-electron chi connectivity index (χ0n) is 14.5. The van der Waals surface area contributed by atoms with Crippen LogP contribution < -0.4 is 0 Å². The van der Waals surface area contributed by atoms with Gasteiger partial charge in [0.15, 0.2) is 5.82 Å². The molecule has 1 aliphatic rings. The molecule has 138 valence electrons. The first-order valence-corrected chi connectivity index (χ1v) is 10.4. The number of aryl methyl sites for hydroxylation is 1. The zero-order chi connectivity index (χ0) is 18.3. The first-order chi connectivity index (χ1) is 12.6. The highest BCUT2D eigenvalue weighted by Gasteiger charge is 2.31. The minimum absolute atomic E-state index is 0.0748. The summed E-state index contributed by atoms with van der Waals surface area (Å²) in [7, 11) is 0. The smallest absolute Gasteiger partial charge is 0.230 e. The third kappa shape index (κ3) is 3.26. The molecule has 4 rings (SSSR count). The summed E-state index contributed by atoms with van der Waals surface area (Å²) in [6.07, 6.45) is 1.99. The van der Waals surface area contributed by atoms with Gasteiger partial charge in [0.2, 0.25) is 10.8 Å². The van der Waals surface area contributed by atoms with Crippen LogP contribution in [0.5, 0.6) is 5.88 Å². The fraction of sp³-hybridized carbons (Fsp3) is 0.444. The number of aliphatic hydroxyl groups is 1. The van der Waals surface area contributed by atoms with Gasteiger partial charge in [-0.1, -0.05) is 46.3 Å². The van der Waals surface area contributed by atoms with Gasteiger partial charge in [-0.15, -0.1) is 5.10 Å². The van der Waals surface area contributed by atoms with Gasteiger partial charge in [0.05, 0.1) is 17.0 Å². The third-order valence-corrected chi connectivity index (χ3v) is 6.46. The molecular formula is C18H21BrN4O2S. The Labute approximate surface area is 164 Å². The predicted octanol–water partition coefficient (Wildman–Crippen LogP) is 3.37. The standard InChI is InChI=1S/C18H21BrN4O2S/c1-2-14-20-18-23(21-14)17(25)16(26-18)15(11-3-5-12(19)6-4-11)22-9-7-13(24)8-10-22/h3-6,13,15,24-25H,2,7-10H2,1H3. The molecule has 0 radical (unpaired) electrons. The molecule has 0 aliphatic carbocycles. The van der Waals surface area contributed by atoms with Crippen LogP contribution in [-0.2, 0) is 6.42 Å². The molecule has 2 aromatic heterocycles. The molecule has 0 saturated carbocycles. The second kappa shape index (κ2) is 7.26. The summed E-state index contributed by atoms with van der Waals surface area (Å²) in [5.41, 5.74) is 1.11. The van der Waals surface area contributed by atoms with Crippen LogP contribution in [0.25, 0.3) is 4.96 Å². The van der Waals surface area contributed by atoms with Gasteiger partial charge >= 0.3 is 0 Å². The molecule has 1 fully saturated rings. The van der Waals surface area contributed by atoms with Crippen molar-refractivity contribution in [3.63, 3.8) is 0 Å². The summed E-state index contributed by atoms with van der Waals surface area (Å²) >= 11 is 4.97. The van der Waals surface area contributed by atoms with E-state index in [4.69, 9.17) is 0 Å². The molecule has 1 saturated heterocycles. The fourth-order valence-electron chi connectivity index (χ4n) is 3.44. The summed E-state index contributed by atoms with van der Waals surface area (Å²) < 4.78 is 2.57. The largest absolute Gasteiger partial charge is 0.492 e. The summed E-state index contributed by atoms with van der Waals surface area (Å²) in [5.74, 6) is 0.899. The molecule has 1 aliphatic heterocycles. The lowest BCUT2D eigenvalue weighted by Gasteiger charge is -2.36. The number of likely N-dealkylation sites (tertiary alicyclic amines) is 1. The number of piperidine rings is 1. The molecule has 1 unspecified atom stereocenters. The van der Waals surface area contributed by atoms with Crippen LogP contribution in [0.1, 0.15) is 42.1 Å². The minimum atomic E-state index is -0.236. The first-order valence-electron chi connectivity index (χ1n) is 8.81. The Morgan fingerprint density at radius 3 is 2.58 bits per heavy atom. The summed E-state index contributed by atoms with van der Waals surface area (Å²) in [6.45, 7) is 3.57. The number of thiazole rings is 1. The van der Waals surface area contributed by atoms with Crippen molar-refractivity contribution in [2.24, 2.45) is 0 Å². The highest BCUT2D eigenvalue weighted by molar-refractivity contribution is 9.10. The topological polar surface area (TPSA) is 73.9 Å². The lowest BCUT2D eigenvalue weighted by Crippen LogP contribution is -2.38. The number of fused-ring (bicyclic) bond motifs is 1. The van der Waals surface area contributed by atoms with Crippen molar-refractivity contribution in [1.82, 2.24) is 19.5 Å². The second-order valence-electron chi connectivity index (χ2n) is 6.59. The molecule has 3 aromatic rings. The lowest BCUT2D eigenvalue weighted by atomic mass is 9.99. The molecule has 1 atom stereocenters. The number of aromatic nitrogens is 3. The predicted molar refractivity (Wildman–Crippen MR) is 105 cm³/mol. The molecule has 3 heterocycles. The number of aromatic hydroxyl groups is 1. The van der Waals surface area contributed by atoms with Crippen molar-refractivity contribution in [1.29, 1.82) is 0 Å². The minimum Gasteiger partial charge on any atom is -0.492 e. The quantitative estimate of drug-likeness (QED) is 0.655. The van der Waals surface area contributed by atoms with Crippen molar-refractivity contribution in [3.8, 4) is 5.88 Å². The van der Waals surface area contributed by atoms with Crippen molar-refractivity contribution in [3.05, 3.63) is 45.0 Å². The maximum atomic E-state index is 10.9. The number of nitrogens with zero attached hydrogens (tertiary/aromatic N) is 4. The molecule has 6 nitrogen and oxygen atoms in total. The third-order valence-electron chi connectivity index (χ3n) is 4.86. The van der Waals surface area contributed by atoms with Gasteiger partial charge in [0, 0.05) is 24.0 Å². The Morgan fingerprint density at radius 2 is 1.96 bits per heavy atom. The van der Waals surface area contributed by atoms with Gasteiger partial charge in [-0.3, -0.25) is 4.90 Å². The highest BCUT2D eigenvalue weighted by atomic mass is 79.9. The van der Waals surface area contributed by atoms with E-state index < -0.39 is 0 Å². The van der Waals surface area contributed by atoms with Crippen LogP contribution in [0.4, 0.5) is 0 Å². The van der Waals surface area contributed by atoms with Crippen molar-refractivity contribution < 1.29 is 10.2 Å². The Hall–Kier alpha value is -1.48. The number of halogens is 1. The number of benzene rings is 1. The lowest BCUT2D eigenvalue weighted by molar-refractivity contribution is 0.0689. The van der Waals surface area contributed by atoms with E-state index in [1.807, 2.05) is 19.1 Å². The van der Waals surface area contributed by atoms with Crippen LogP contribution in [0, 0.1) is 0 Å². The summed E-state index contributed by atoms with van der Waals surface area (Å²) in [4.78, 5) is 8.39. The Kier molecular flexibility index (Phi) is 5.00. The normalized spacial score (nSPS) is 17.8.